The number of anilines is 1. The number of fused-ring (bicyclic) bond motifs is 1. The standard InChI is InChI=1S/C27H26Cl4N2O7/c1-4-5-6-16(33-24(35)18-19(25(33)36)21(29)23(31)22(30)20(18)28)27(38)40-12-17(34)32-15-9-7-14(8-10-15)26(37)39-11-13(2)3/h7-10,13,16H,4-6,11-12H2,1-3H3,(H,32,34)/t16-/m1/s1. The van der Waals surface area contributed by atoms with Crippen LogP contribution in [0.25, 0.3) is 0 Å². The van der Waals surface area contributed by atoms with Crippen LogP contribution in [0.4, 0.5) is 5.69 Å². The molecule has 0 radical (unpaired) electrons. The number of nitrogens with one attached hydrogen (secondary N) is 1. The lowest BCUT2D eigenvalue weighted by molar-refractivity contribution is -0.151. The number of unbranched alkanes of at least 4 members (excludes halogenated alkanes) is 1. The van der Waals surface area contributed by atoms with E-state index in [1.807, 2.05) is 20.8 Å². The average molecular weight is 632 g/mol. The molecule has 0 spiro atoms. The highest BCUT2D eigenvalue weighted by atomic mass is 35.5. The van der Waals surface area contributed by atoms with Gasteiger partial charge >= 0.3 is 11.9 Å². The van der Waals surface area contributed by atoms with Crippen LogP contribution >= 0.6 is 46.4 Å². The van der Waals surface area contributed by atoms with Gasteiger partial charge in [-0.2, -0.15) is 0 Å². The molecular weight excluding hydrogens is 606 g/mol. The van der Waals surface area contributed by atoms with Crippen LogP contribution in [0.1, 0.15) is 71.1 Å². The van der Waals surface area contributed by atoms with Crippen molar-refractivity contribution in [3.8, 4) is 0 Å². The van der Waals surface area contributed by atoms with E-state index >= 15 is 0 Å². The van der Waals surface area contributed by atoms with Crippen molar-refractivity contribution in [3.63, 3.8) is 0 Å². The van der Waals surface area contributed by atoms with Crippen LogP contribution in [0.5, 0.6) is 0 Å². The fourth-order valence-corrected chi connectivity index (χ4v) is 4.86. The number of amides is 3. The number of imide groups is 1. The van der Waals surface area contributed by atoms with E-state index in [4.69, 9.17) is 55.9 Å². The summed E-state index contributed by atoms with van der Waals surface area (Å²) in [6.07, 6.45) is 1.19. The van der Waals surface area contributed by atoms with E-state index in [2.05, 4.69) is 5.32 Å². The predicted molar refractivity (Wildman–Crippen MR) is 151 cm³/mol. The van der Waals surface area contributed by atoms with Gasteiger partial charge in [0.25, 0.3) is 17.7 Å². The average Bonchev–Trinajstić information content (AvgIpc) is 3.18. The largest absolute Gasteiger partial charge is 0.462 e. The molecule has 0 unspecified atom stereocenters. The van der Waals surface area contributed by atoms with Crippen molar-refractivity contribution in [1.29, 1.82) is 0 Å². The first-order valence-electron chi connectivity index (χ1n) is 12.4. The number of hydrogen-bond donors (Lipinski definition) is 1. The number of benzene rings is 2. The van der Waals surface area contributed by atoms with Gasteiger partial charge in [-0.25, -0.2) is 9.59 Å². The van der Waals surface area contributed by atoms with Crippen LogP contribution in [0.2, 0.25) is 20.1 Å². The number of halogens is 4. The molecule has 214 valence electrons. The molecule has 40 heavy (non-hydrogen) atoms. The summed E-state index contributed by atoms with van der Waals surface area (Å²) >= 11 is 24.5. The van der Waals surface area contributed by atoms with Crippen LogP contribution in [0.15, 0.2) is 24.3 Å². The van der Waals surface area contributed by atoms with E-state index in [9.17, 15) is 24.0 Å². The summed E-state index contributed by atoms with van der Waals surface area (Å²) in [7, 11) is 0. The predicted octanol–water partition coefficient (Wildman–Crippen LogP) is 6.45. The Labute approximate surface area is 251 Å². The first-order valence-corrected chi connectivity index (χ1v) is 13.9. The second-order valence-electron chi connectivity index (χ2n) is 9.37. The van der Waals surface area contributed by atoms with Gasteiger partial charge in [-0.15, -0.1) is 0 Å². The van der Waals surface area contributed by atoms with Crippen LogP contribution in [0, 0.1) is 5.92 Å². The molecule has 1 atom stereocenters. The third-order valence-electron chi connectivity index (χ3n) is 5.84. The van der Waals surface area contributed by atoms with E-state index in [1.54, 1.807) is 0 Å². The molecule has 1 aliphatic heterocycles. The number of nitrogens with zero attached hydrogens (tertiary/aromatic N) is 1. The number of esters is 2. The van der Waals surface area contributed by atoms with Crippen molar-refractivity contribution in [2.24, 2.45) is 5.92 Å². The number of carbonyl (C=O) groups is 5. The van der Waals surface area contributed by atoms with Crippen LogP contribution in [-0.4, -0.2) is 53.8 Å². The summed E-state index contributed by atoms with van der Waals surface area (Å²) in [5.74, 6) is -3.69. The first kappa shape index (κ1) is 31.7. The molecule has 0 aliphatic carbocycles. The fraction of sp³-hybridized carbons (Fsp3) is 0.370. The normalized spacial score (nSPS) is 13.3. The monoisotopic (exact) mass is 630 g/mol. The molecule has 9 nitrogen and oxygen atoms in total. The van der Waals surface area contributed by atoms with Gasteiger partial charge in [-0.1, -0.05) is 80.0 Å². The molecule has 3 amide bonds. The Bertz CT molecular complexity index is 1300. The van der Waals surface area contributed by atoms with Gasteiger partial charge in [-0.3, -0.25) is 19.3 Å². The molecule has 1 heterocycles. The summed E-state index contributed by atoms with van der Waals surface area (Å²) in [6, 6.07) is 4.63. The highest BCUT2D eigenvalue weighted by Gasteiger charge is 2.47. The Hall–Kier alpha value is -2.85. The molecule has 0 aromatic heterocycles. The van der Waals surface area contributed by atoms with Crippen molar-refractivity contribution in [2.45, 2.75) is 46.1 Å². The SMILES string of the molecule is CCCC[C@H](C(=O)OCC(=O)Nc1ccc(C(=O)OCC(C)C)cc1)N1C(=O)c2c(Cl)c(Cl)c(Cl)c(Cl)c2C1=O. The molecule has 2 aromatic carbocycles. The zero-order chi connectivity index (χ0) is 29.7. The van der Waals surface area contributed by atoms with Gasteiger partial charge in [-0.05, 0) is 36.6 Å². The zero-order valence-corrected chi connectivity index (χ0v) is 24.8. The highest BCUT2D eigenvalue weighted by molar-refractivity contribution is 6.55. The Morgan fingerprint density at radius 2 is 1.43 bits per heavy atom. The molecule has 0 fully saturated rings. The van der Waals surface area contributed by atoms with Gasteiger partial charge in [0.15, 0.2) is 6.61 Å². The minimum absolute atomic E-state index is 0.0769. The maximum absolute atomic E-state index is 13.2. The summed E-state index contributed by atoms with van der Waals surface area (Å²) in [5.41, 5.74) is 0.152. The second-order valence-corrected chi connectivity index (χ2v) is 10.9. The van der Waals surface area contributed by atoms with E-state index in [1.165, 1.54) is 24.3 Å². The summed E-state index contributed by atoms with van der Waals surface area (Å²) < 4.78 is 10.3. The van der Waals surface area contributed by atoms with Gasteiger partial charge in [0.2, 0.25) is 0 Å². The lowest BCUT2D eigenvalue weighted by Crippen LogP contribution is -2.46. The minimum atomic E-state index is -1.35. The van der Waals surface area contributed by atoms with Crippen molar-refractivity contribution >= 4 is 81.8 Å². The molecule has 1 aliphatic rings. The maximum atomic E-state index is 13.2. The Kier molecular flexibility index (Phi) is 10.8. The second kappa shape index (κ2) is 13.7. The van der Waals surface area contributed by atoms with Gasteiger partial charge in [0.05, 0.1) is 43.4 Å². The molecule has 3 rings (SSSR count). The smallest absolute Gasteiger partial charge is 0.338 e. The van der Waals surface area contributed by atoms with Gasteiger partial charge in [0, 0.05) is 5.69 Å². The number of ether oxygens (including phenoxy) is 2. The maximum Gasteiger partial charge on any atom is 0.338 e. The molecule has 13 heteroatoms. The van der Waals surface area contributed by atoms with E-state index in [0.29, 0.717) is 29.0 Å². The summed E-state index contributed by atoms with van der Waals surface area (Å²) in [5, 5.41) is 1.64. The molecule has 0 saturated heterocycles. The van der Waals surface area contributed by atoms with Crippen LogP contribution in [0.3, 0.4) is 0 Å². The molecule has 0 bridgehead atoms. The molecular formula is C27H26Cl4N2O7. The third kappa shape index (κ3) is 6.89. The van der Waals surface area contributed by atoms with E-state index < -0.39 is 42.3 Å². The van der Waals surface area contributed by atoms with E-state index in [-0.39, 0.29) is 50.2 Å². The van der Waals surface area contributed by atoms with Gasteiger partial charge < -0.3 is 14.8 Å². The minimum Gasteiger partial charge on any atom is -0.462 e. The lowest BCUT2D eigenvalue weighted by atomic mass is 10.1. The quantitative estimate of drug-likeness (QED) is 0.131. The van der Waals surface area contributed by atoms with E-state index in [0.717, 1.165) is 0 Å². The van der Waals surface area contributed by atoms with Crippen molar-refractivity contribution in [1.82, 2.24) is 4.90 Å². The number of rotatable bonds is 11. The van der Waals surface area contributed by atoms with Crippen molar-refractivity contribution < 1.29 is 33.4 Å². The lowest BCUT2D eigenvalue weighted by Gasteiger charge is -2.24. The van der Waals surface area contributed by atoms with Gasteiger partial charge in [0.1, 0.15) is 6.04 Å². The highest BCUT2D eigenvalue weighted by Crippen LogP contribution is 2.45. The Morgan fingerprint density at radius 1 is 0.875 bits per heavy atom. The molecule has 0 saturated carbocycles. The number of hydrogen-bond acceptors (Lipinski definition) is 7. The summed E-state index contributed by atoms with van der Waals surface area (Å²) in [6.45, 7) is 5.29. The first-order chi connectivity index (χ1) is 18.9. The fourth-order valence-electron chi connectivity index (χ4n) is 3.84. The van der Waals surface area contributed by atoms with Crippen LogP contribution < -0.4 is 5.32 Å². The third-order valence-corrected chi connectivity index (χ3v) is 7.65. The zero-order valence-electron chi connectivity index (χ0n) is 21.8. The van der Waals surface area contributed by atoms with Crippen LogP contribution in [-0.2, 0) is 19.1 Å². The Balaban J connectivity index is 1.69. The molecule has 1 N–H and O–H groups in total. The van der Waals surface area contributed by atoms with Crippen molar-refractivity contribution in [3.05, 3.63) is 61.0 Å². The molecule has 2 aromatic rings. The number of carbonyl (C=O) groups excluding carboxylic acids is 5. The summed E-state index contributed by atoms with van der Waals surface area (Å²) in [4.78, 5) is 64.7. The Morgan fingerprint density at radius 3 is 1.93 bits per heavy atom. The van der Waals surface area contributed by atoms with Crippen molar-refractivity contribution in [2.75, 3.05) is 18.5 Å². The topological polar surface area (TPSA) is 119 Å².